The topological polar surface area (TPSA) is 98.7 Å². The highest BCUT2D eigenvalue weighted by molar-refractivity contribution is 5.87. The summed E-state index contributed by atoms with van der Waals surface area (Å²) >= 11 is 0. The molecule has 1 heterocycles. The second kappa shape index (κ2) is 5.27. The number of hydrogen-bond donors (Lipinski definition) is 4. The minimum atomic E-state index is -1.21. The van der Waals surface area contributed by atoms with E-state index in [0.29, 0.717) is 12.8 Å². The minimum absolute atomic E-state index is 0.296. The average molecular weight is 230 g/mol. The molecule has 0 aromatic heterocycles. The molecular weight excluding hydrogens is 212 g/mol. The smallest absolute Gasteiger partial charge is 0.328 e. The van der Waals surface area contributed by atoms with Crippen LogP contribution in [-0.4, -0.2) is 47.8 Å². The first-order valence-corrected chi connectivity index (χ1v) is 5.35. The first-order chi connectivity index (χ1) is 7.49. The van der Waals surface area contributed by atoms with E-state index >= 15 is 0 Å². The van der Waals surface area contributed by atoms with Crippen LogP contribution in [0.2, 0.25) is 0 Å². The fourth-order valence-corrected chi connectivity index (χ4v) is 1.72. The lowest BCUT2D eigenvalue weighted by molar-refractivity contribution is -0.145. The molecule has 1 fully saturated rings. The molecule has 0 spiro atoms. The molecule has 1 saturated heterocycles. The van der Waals surface area contributed by atoms with Crippen molar-refractivity contribution in [1.29, 1.82) is 0 Å². The van der Waals surface area contributed by atoms with Crippen LogP contribution in [0.15, 0.2) is 0 Å². The van der Waals surface area contributed by atoms with Crippen molar-refractivity contribution >= 4 is 11.9 Å². The molecule has 0 bridgehead atoms. The number of piperidine rings is 1. The summed E-state index contributed by atoms with van der Waals surface area (Å²) in [7, 11) is 0. The molecule has 6 nitrogen and oxygen atoms in total. The van der Waals surface area contributed by atoms with Crippen LogP contribution >= 0.6 is 0 Å². The molecule has 1 aliphatic heterocycles. The van der Waals surface area contributed by atoms with Gasteiger partial charge in [-0.15, -0.1) is 0 Å². The van der Waals surface area contributed by atoms with Crippen molar-refractivity contribution in [3.8, 4) is 0 Å². The lowest BCUT2D eigenvalue weighted by Crippen LogP contribution is -2.52. The molecule has 0 radical (unpaired) electrons. The highest BCUT2D eigenvalue weighted by atomic mass is 16.4. The van der Waals surface area contributed by atoms with Crippen LogP contribution in [-0.2, 0) is 9.59 Å². The molecular formula is C10H18N2O4. The Bertz CT molecular complexity index is 274. The van der Waals surface area contributed by atoms with Crippen molar-refractivity contribution in [1.82, 2.24) is 10.6 Å². The highest BCUT2D eigenvalue weighted by Gasteiger charge is 2.36. The second-order valence-corrected chi connectivity index (χ2v) is 4.36. The number of carbonyl (C=O) groups is 2. The summed E-state index contributed by atoms with van der Waals surface area (Å²) in [5.74, 6) is -1.51. The van der Waals surface area contributed by atoms with Crippen molar-refractivity contribution < 1.29 is 19.8 Å². The molecule has 0 aromatic carbocycles. The van der Waals surface area contributed by atoms with E-state index in [1.54, 1.807) is 0 Å². The zero-order valence-electron chi connectivity index (χ0n) is 9.32. The third-order valence-corrected chi connectivity index (χ3v) is 3.04. The van der Waals surface area contributed by atoms with Gasteiger partial charge >= 0.3 is 5.97 Å². The zero-order chi connectivity index (χ0) is 12.2. The minimum Gasteiger partial charge on any atom is -0.480 e. The number of carboxylic acid groups (broad SMARTS) is 1. The van der Waals surface area contributed by atoms with Gasteiger partial charge in [-0.2, -0.15) is 0 Å². The van der Waals surface area contributed by atoms with Gasteiger partial charge in [0, 0.05) is 5.41 Å². The third-order valence-electron chi connectivity index (χ3n) is 3.04. The van der Waals surface area contributed by atoms with E-state index in [1.807, 2.05) is 6.92 Å². The summed E-state index contributed by atoms with van der Waals surface area (Å²) in [6.07, 6.45) is 1.35. The molecule has 0 saturated carbocycles. The molecule has 1 amide bonds. The summed E-state index contributed by atoms with van der Waals surface area (Å²) in [5, 5.41) is 23.0. The van der Waals surface area contributed by atoms with Crippen LogP contribution in [0, 0.1) is 5.41 Å². The fourth-order valence-electron chi connectivity index (χ4n) is 1.72. The zero-order valence-corrected chi connectivity index (χ0v) is 9.32. The summed E-state index contributed by atoms with van der Waals surface area (Å²) < 4.78 is 0. The number of aliphatic hydroxyl groups is 1. The van der Waals surface area contributed by atoms with Gasteiger partial charge in [0.15, 0.2) is 0 Å². The van der Waals surface area contributed by atoms with Gasteiger partial charge in [0.1, 0.15) is 6.04 Å². The third kappa shape index (κ3) is 2.93. The molecule has 0 aliphatic carbocycles. The number of aliphatic hydroxyl groups excluding tert-OH is 1. The van der Waals surface area contributed by atoms with E-state index in [1.165, 1.54) is 0 Å². The lowest BCUT2D eigenvalue weighted by atomic mass is 9.80. The maximum Gasteiger partial charge on any atom is 0.328 e. The van der Waals surface area contributed by atoms with E-state index in [0.717, 1.165) is 13.1 Å². The number of carboxylic acids is 1. The quantitative estimate of drug-likeness (QED) is 0.493. The van der Waals surface area contributed by atoms with Crippen LogP contribution in [0.5, 0.6) is 0 Å². The lowest BCUT2D eigenvalue weighted by Gasteiger charge is -2.33. The Hall–Kier alpha value is -1.14. The Morgan fingerprint density at radius 1 is 1.44 bits per heavy atom. The maximum atomic E-state index is 11.9. The molecule has 4 N–H and O–H groups in total. The normalized spacial score (nSPS) is 21.1. The number of hydrogen-bond acceptors (Lipinski definition) is 4. The second-order valence-electron chi connectivity index (χ2n) is 4.36. The van der Waals surface area contributed by atoms with Gasteiger partial charge in [-0.1, -0.05) is 6.92 Å². The van der Waals surface area contributed by atoms with Gasteiger partial charge in [0.05, 0.1) is 6.61 Å². The SMILES string of the molecule is CC1(C(=O)NC(CO)C(=O)O)CCNCC1. The largest absolute Gasteiger partial charge is 0.480 e. The maximum absolute atomic E-state index is 11.9. The Balaban J connectivity index is 2.59. The van der Waals surface area contributed by atoms with Crippen molar-refractivity contribution in [3.63, 3.8) is 0 Å². The molecule has 0 aromatic rings. The predicted molar refractivity (Wildman–Crippen MR) is 56.9 cm³/mol. The molecule has 1 aliphatic rings. The van der Waals surface area contributed by atoms with Gasteiger partial charge in [-0.05, 0) is 25.9 Å². The van der Waals surface area contributed by atoms with Crippen LogP contribution in [0.4, 0.5) is 0 Å². The van der Waals surface area contributed by atoms with Crippen LogP contribution in [0.3, 0.4) is 0 Å². The monoisotopic (exact) mass is 230 g/mol. The van der Waals surface area contributed by atoms with E-state index in [-0.39, 0.29) is 5.91 Å². The Labute approximate surface area is 94.0 Å². The van der Waals surface area contributed by atoms with Crippen molar-refractivity contribution in [3.05, 3.63) is 0 Å². The Kier molecular flexibility index (Phi) is 4.26. The molecule has 1 rings (SSSR count). The summed E-state index contributed by atoms with van der Waals surface area (Å²) in [6, 6.07) is -1.21. The van der Waals surface area contributed by atoms with E-state index in [9.17, 15) is 9.59 Å². The first kappa shape index (κ1) is 12.9. The molecule has 1 unspecified atom stereocenters. The highest BCUT2D eigenvalue weighted by Crippen LogP contribution is 2.27. The Morgan fingerprint density at radius 2 is 2.00 bits per heavy atom. The van der Waals surface area contributed by atoms with E-state index in [2.05, 4.69) is 10.6 Å². The first-order valence-electron chi connectivity index (χ1n) is 5.35. The van der Waals surface area contributed by atoms with Crippen LogP contribution < -0.4 is 10.6 Å². The van der Waals surface area contributed by atoms with Crippen molar-refractivity contribution in [2.24, 2.45) is 5.41 Å². The number of carbonyl (C=O) groups excluding carboxylic acids is 1. The fraction of sp³-hybridized carbons (Fsp3) is 0.800. The predicted octanol–water partition coefficient (Wildman–Crippen LogP) is -1.06. The van der Waals surface area contributed by atoms with E-state index in [4.69, 9.17) is 10.2 Å². The summed E-state index contributed by atoms with van der Waals surface area (Å²) in [6.45, 7) is 2.73. The number of nitrogens with one attached hydrogen (secondary N) is 2. The molecule has 16 heavy (non-hydrogen) atoms. The molecule has 6 heteroatoms. The van der Waals surface area contributed by atoms with Crippen molar-refractivity contribution in [2.45, 2.75) is 25.8 Å². The summed E-state index contributed by atoms with van der Waals surface area (Å²) in [4.78, 5) is 22.5. The van der Waals surface area contributed by atoms with Gasteiger partial charge in [0.25, 0.3) is 0 Å². The molecule has 92 valence electrons. The molecule has 1 atom stereocenters. The van der Waals surface area contributed by atoms with E-state index < -0.39 is 24.0 Å². The number of aliphatic carboxylic acids is 1. The summed E-state index contributed by atoms with van der Waals surface area (Å²) in [5.41, 5.74) is -0.534. The van der Waals surface area contributed by atoms with Crippen molar-refractivity contribution in [2.75, 3.05) is 19.7 Å². The van der Waals surface area contributed by atoms with Crippen LogP contribution in [0.1, 0.15) is 19.8 Å². The van der Waals surface area contributed by atoms with Gasteiger partial charge in [-0.3, -0.25) is 4.79 Å². The van der Waals surface area contributed by atoms with Gasteiger partial charge < -0.3 is 20.8 Å². The number of rotatable bonds is 4. The number of amides is 1. The van der Waals surface area contributed by atoms with Gasteiger partial charge in [0.2, 0.25) is 5.91 Å². The standard InChI is InChI=1S/C10H18N2O4/c1-10(2-4-11-5-3-10)9(16)12-7(6-13)8(14)15/h7,11,13H,2-6H2,1H3,(H,12,16)(H,14,15). The van der Waals surface area contributed by atoms with Gasteiger partial charge in [-0.25, -0.2) is 4.79 Å². The average Bonchev–Trinajstić information content (AvgIpc) is 2.26. The Morgan fingerprint density at radius 3 is 2.44 bits per heavy atom. The van der Waals surface area contributed by atoms with Crippen LogP contribution in [0.25, 0.3) is 0 Å².